The molecule has 0 aliphatic heterocycles. The van der Waals surface area contributed by atoms with Crippen molar-refractivity contribution in [2.75, 3.05) is 0 Å². The molecule has 5 radical (unpaired) electrons. The van der Waals surface area contributed by atoms with Gasteiger partial charge in [-0.05, 0) is 35.3 Å². The summed E-state index contributed by atoms with van der Waals surface area (Å²) in [5, 5.41) is 3.66. The molecule has 2 heterocycles. The summed E-state index contributed by atoms with van der Waals surface area (Å²) in [4.78, 5) is 13.7. The first-order valence-corrected chi connectivity index (χ1v) is 19.1. The molecule has 243 valence electrons. The van der Waals surface area contributed by atoms with Crippen molar-refractivity contribution in [3.8, 4) is 39.6 Å². The third-order valence-corrected chi connectivity index (χ3v) is 9.96. The zero-order chi connectivity index (χ0) is 32.2. The molecule has 0 unspecified atom stereocenters. The second-order valence-corrected chi connectivity index (χ2v) is 17.4. The van der Waals surface area contributed by atoms with E-state index in [0.29, 0.717) is 0 Å². The molecule has 0 fully saturated rings. The first-order valence-electron chi connectivity index (χ1n) is 15.6. The van der Waals surface area contributed by atoms with Crippen molar-refractivity contribution in [2.45, 2.75) is 19.6 Å². The maximum Gasteiger partial charge on any atom is 0.0815 e. The van der Waals surface area contributed by atoms with Crippen LogP contribution in [0.1, 0.15) is 0 Å². The molecule has 6 aromatic carbocycles. The van der Waals surface area contributed by atoms with Crippen molar-refractivity contribution in [1.82, 2.24) is 19.5 Å². The van der Waals surface area contributed by atoms with Gasteiger partial charge in [0.1, 0.15) is 0 Å². The first kappa shape index (κ1) is 39.0. The summed E-state index contributed by atoms with van der Waals surface area (Å²) in [6.07, 6.45) is 3.91. The Balaban J connectivity index is 0.000000254. The quantitative estimate of drug-likeness (QED) is 0.128. The Bertz CT molecular complexity index is 2290. The van der Waals surface area contributed by atoms with Crippen LogP contribution in [0.5, 0.6) is 0 Å². The molecule has 8 rings (SSSR count). The molecule has 8 aromatic rings. The average Bonchev–Trinajstić information content (AvgIpc) is 3.52. The molecule has 0 N–H and O–H groups in total. The van der Waals surface area contributed by atoms with E-state index in [1.165, 1.54) is 16.0 Å². The zero-order valence-corrected chi connectivity index (χ0v) is 34.3. The van der Waals surface area contributed by atoms with E-state index in [0.717, 1.165) is 50.6 Å². The SMILES string of the molecule is C[Si](C)(C)c1cnc(-c2[c-]cccc2)nc1.[B].[Ir].[Y].[c-]1ccc(-c2[c-]cc3ccccc3c2)[c-]c1-c1nc2ccccc2n1-c1ccccc1. The number of nitrogens with zero attached hydrogens (tertiary/aromatic N) is 4. The monoisotopic (exact) mass is 913 g/mol. The van der Waals surface area contributed by atoms with E-state index in [4.69, 9.17) is 4.98 Å². The van der Waals surface area contributed by atoms with Crippen LogP contribution < -0.4 is 5.19 Å². The molecule has 0 spiro atoms. The van der Waals surface area contributed by atoms with Crippen LogP contribution in [0, 0.1) is 24.3 Å². The summed E-state index contributed by atoms with van der Waals surface area (Å²) >= 11 is 0. The van der Waals surface area contributed by atoms with Gasteiger partial charge < -0.3 is 15.6 Å². The van der Waals surface area contributed by atoms with Crippen LogP contribution in [0.4, 0.5) is 0 Å². The van der Waals surface area contributed by atoms with Gasteiger partial charge in [-0.3, -0.25) is 33.2 Å². The molecule has 2 aromatic heterocycles. The normalized spacial score (nSPS) is 10.6. The van der Waals surface area contributed by atoms with E-state index >= 15 is 0 Å². The predicted molar refractivity (Wildman–Crippen MR) is 201 cm³/mol. The second kappa shape index (κ2) is 17.4. The van der Waals surface area contributed by atoms with Crippen LogP contribution in [0.3, 0.4) is 0 Å². The Hall–Kier alpha value is -3.83. The number of benzene rings is 6. The minimum absolute atomic E-state index is 0. The molecule has 8 heteroatoms. The molecule has 0 saturated carbocycles. The largest absolute Gasteiger partial charge is 0.374 e. The number of hydrogen-bond donors (Lipinski definition) is 0. The fraction of sp³-hybridized carbons (Fsp3) is 0.0714. The fourth-order valence-electron chi connectivity index (χ4n) is 5.40. The van der Waals surface area contributed by atoms with Crippen molar-refractivity contribution in [3.63, 3.8) is 0 Å². The molecular weight excluding hydrogens is 881 g/mol. The number of para-hydroxylation sites is 3. The van der Waals surface area contributed by atoms with Gasteiger partial charge >= 0.3 is 0 Å². The van der Waals surface area contributed by atoms with E-state index in [2.05, 4.69) is 101 Å². The summed E-state index contributed by atoms with van der Waals surface area (Å²) in [6, 6.07) is 56.2. The van der Waals surface area contributed by atoms with Gasteiger partial charge in [0.15, 0.2) is 0 Å². The number of hydrogen-bond acceptors (Lipinski definition) is 3. The summed E-state index contributed by atoms with van der Waals surface area (Å²) < 4.78 is 2.17. The van der Waals surface area contributed by atoms with Crippen LogP contribution in [-0.4, -0.2) is 36.0 Å². The summed E-state index contributed by atoms with van der Waals surface area (Å²) in [5.41, 5.74) is 6.85. The van der Waals surface area contributed by atoms with Gasteiger partial charge in [0.25, 0.3) is 0 Å². The van der Waals surface area contributed by atoms with Gasteiger partial charge in [-0.2, -0.15) is 5.56 Å². The Morgan fingerprint density at radius 3 is 2.04 bits per heavy atom. The second-order valence-electron chi connectivity index (χ2n) is 12.3. The number of aromatic nitrogens is 4. The summed E-state index contributed by atoms with van der Waals surface area (Å²) in [7, 11) is -1.29. The van der Waals surface area contributed by atoms with Crippen LogP contribution in [0.15, 0.2) is 140 Å². The Morgan fingerprint density at radius 1 is 0.640 bits per heavy atom. The molecule has 0 saturated heterocycles. The van der Waals surface area contributed by atoms with Gasteiger partial charge in [0, 0.05) is 79.3 Å². The van der Waals surface area contributed by atoms with E-state index in [1.807, 2.05) is 97.3 Å². The number of fused-ring (bicyclic) bond motifs is 2. The van der Waals surface area contributed by atoms with Crippen LogP contribution in [-0.2, 0) is 52.8 Å². The number of imidazole rings is 1. The van der Waals surface area contributed by atoms with E-state index < -0.39 is 8.07 Å². The molecule has 0 amide bonds. The van der Waals surface area contributed by atoms with Gasteiger partial charge in [0.05, 0.1) is 24.9 Å². The third kappa shape index (κ3) is 8.72. The molecule has 4 nitrogen and oxygen atoms in total. The van der Waals surface area contributed by atoms with Gasteiger partial charge in [0.2, 0.25) is 0 Å². The third-order valence-electron chi connectivity index (χ3n) is 7.97. The molecule has 0 atom stereocenters. The first-order chi connectivity index (χ1) is 22.9. The van der Waals surface area contributed by atoms with Gasteiger partial charge in [-0.25, -0.2) is 6.07 Å². The smallest absolute Gasteiger partial charge is 0.0815 e. The molecule has 50 heavy (non-hydrogen) atoms. The molecule has 0 aliphatic rings. The number of rotatable bonds is 5. The summed E-state index contributed by atoms with van der Waals surface area (Å²) in [5.74, 6) is 1.58. The standard InChI is InChI=1S/C29H17N2.C13H15N2Si.B.Ir.Y/c1-2-13-26(14-3-1)31-28-16-7-6-15-27(28)30-29(31)25-12-8-11-23(20-25)24-18-17-21-9-4-5-10-22(21)19-24;1-16(2,3)12-9-14-13(15-10-12)11-7-5-4-6-8-11;;;/h1-11,13-17,19H;4-7,9-10H,1-3H3;;;/q-3;-1;;;. The fourth-order valence-corrected chi connectivity index (χ4v) is 6.30. The Morgan fingerprint density at radius 2 is 1.32 bits per heavy atom. The maximum absolute atomic E-state index is 4.93. The van der Waals surface area contributed by atoms with Crippen molar-refractivity contribution < 1.29 is 52.8 Å². The van der Waals surface area contributed by atoms with Crippen molar-refractivity contribution in [1.29, 1.82) is 0 Å². The Labute approximate surface area is 336 Å². The minimum Gasteiger partial charge on any atom is -0.374 e. The van der Waals surface area contributed by atoms with Gasteiger partial charge in [-0.15, -0.1) is 59.5 Å². The molecule has 0 aliphatic carbocycles. The van der Waals surface area contributed by atoms with Crippen LogP contribution in [0.2, 0.25) is 19.6 Å². The molecule has 0 bridgehead atoms. The minimum atomic E-state index is -1.29. The summed E-state index contributed by atoms with van der Waals surface area (Å²) in [6.45, 7) is 6.88. The van der Waals surface area contributed by atoms with Crippen molar-refractivity contribution in [2.24, 2.45) is 0 Å². The van der Waals surface area contributed by atoms with Crippen LogP contribution in [0.25, 0.3) is 61.4 Å². The maximum atomic E-state index is 4.93. The predicted octanol–water partition coefficient (Wildman–Crippen LogP) is 9.02. The molecular formula is C42H32BIrN4SiY-4. The van der Waals surface area contributed by atoms with Crippen molar-refractivity contribution in [3.05, 3.63) is 164 Å². The zero-order valence-electron chi connectivity index (χ0n) is 28.1. The Kier molecular flexibility index (Phi) is 13.6. The topological polar surface area (TPSA) is 43.6 Å². The van der Waals surface area contributed by atoms with Gasteiger partial charge in [-0.1, -0.05) is 79.6 Å². The average molecular weight is 913 g/mol. The van der Waals surface area contributed by atoms with E-state index in [1.54, 1.807) is 0 Å². The van der Waals surface area contributed by atoms with E-state index in [-0.39, 0.29) is 61.2 Å². The van der Waals surface area contributed by atoms with Crippen molar-refractivity contribution >= 4 is 43.5 Å². The van der Waals surface area contributed by atoms with Crippen LogP contribution >= 0.6 is 0 Å². The van der Waals surface area contributed by atoms with E-state index in [9.17, 15) is 0 Å².